The highest BCUT2D eigenvalue weighted by atomic mass is 32.2. The van der Waals surface area contributed by atoms with Crippen molar-refractivity contribution in [2.45, 2.75) is 24.9 Å². The molecule has 0 bridgehead atoms. The minimum absolute atomic E-state index is 0.00948. The fourth-order valence-electron chi connectivity index (χ4n) is 2.52. The summed E-state index contributed by atoms with van der Waals surface area (Å²) in [5, 5.41) is 4.55. The van der Waals surface area contributed by atoms with Gasteiger partial charge in [0.15, 0.2) is 0 Å². The van der Waals surface area contributed by atoms with E-state index in [1.165, 1.54) is 52.3 Å². The lowest BCUT2D eigenvalue weighted by Gasteiger charge is -2.10. The fourth-order valence-corrected chi connectivity index (χ4v) is 4.31. The Hall–Kier alpha value is -2.75. The Morgan fingerprint density at radius 2 is 1.96 bits per heavy atom. The number of carbonyl (C=O) groups is 1. The highest BCUT2D eigenvalue weighted by Gasteiger charge is 2.16. The van der Waals surface area contributed by atoms with E-state index < -0.39 is 15.9 Å². The average Bonchev–Trinajstić information content (AvgIpc) is 3.22. The lowest BCUT2D eigenvalue weighted by molar-refractivity contribution is 0.102. The van der Waals surface area contributed by atoms with Gasteiger partial charge in [0, 0.05) is 35.8 Å². The number of hydrogen-bond acceptors (Lipinski definition) is 5. The number of aryl methyl sites for hydroxylation is 1. The molecule has 3 rings (SSSR count). The maximum atomic E-state index is 12.5. The summed E-state index contributed by atoms with van der Waals surface area (Å²) in [6, 6.07) is 12.4. The van der Waals surface area contributed by atoms with E-state index in [1.807, 2.05) is 24.4 Å². The molecular formula is C19H19N3O4S2. The summed E-state index contributed by atoms with van der Waals surface area (Å²) in [6.07, 6.45) is 1.55. The maximum absolute atomic E-state index is 12.5. The average molecular weight is 418 g/mol. The minimum Gasteiger partial charge on any atom is -0.321 e. The molecule has 0 radical (unpaired) electrons. The zero-order valence-corrected chi connectivity index (χ0v) is 16.7. The standard InChI is InChI=1S/C19H19N3O4S2/c1-2-22-13-15(8-9-18(22)23)21-19(24)14-5-3-7-17(11-14)28(25,26)20-12-16-6-4-10-27-16/h3-11,13,20H,2,12H2,1H3,(H,21,24). The van der Waals surface area contributed by atoms with Gasteiger partial charge in [0.2, 0.25) is 10.0 Å². The minimum atomic E-state index is -3.75. The second-order valence-corrected chi connectivity index (χ2v) is 8.73. The summed E-state index contributed by atoms with van der Waals surface area (Å²) in [5.41, 5.74) is 0.495. The number of nitrogens with zero attached hydrogens (tertiary/aromatic N) is 1. The van der Waals surface area contributed by atoms with Gasteiger partial charge in [0.05, 0.1) is 10.6 Å². The van der Waals surface area contributed by atoms with Crippen molar-refractivity contribution in [3.8, 4) is 0 Å². The second-order valence-electron chi connectivity index (χ2n) is 5.93. The number of nitrogens with one attached hydrogen (secondary N) is 2. The SMILES string of the molecule is CCn1cc(NC(=O)c2cccc(S(=O)(=O)NCc3cccs3)c2)ccc1=O. The molecule has 0 atom stereocenters. The summed E-state index contributed by atoms with van der Waals surface area (Å²) in [5.74, 6) is -0.461. The first-order chi connectivity index (χ1) is 13.4. The normalized spacial score (nSPS) is 11.3. The molecule has 3 aromatic rings. The number of aromatic nitrogens is 1. The van der Waals surface area contributed by atoms with Crippen LogP contribution in [0.4, 0.5) is 5.69 Å². The quantitative estimate of drug-likeness (QED) is 0.618. The first-order valence-corrected chi connectivity index (χ1v) is 10.9. The largest absolute Gasteiger partial charge is 0.321 e. The van der Waals surface area contributed by atoms with Gasteiger partial charge in [-0.25, -0.2) is 13.1 Å². The summed E-state index contributed by atoms with van der Waals surface area (Å²) < 4.78 is 29.0. The van der Waals surface area contributed by atoms with Crippen molar-refractivity contribution in [1.29, 1.82) is 0 Å². The Balaban J connectivity index is 1.76. The van der Waals surface area contributed by atoms with Gasteiger partial charge in [-0.2, -0.15) is 0 Å². The Morgan fingerprint density at radius 1 is 1.14 bits per heavy atom. The van der Waals surface area contributed by atoms with E-state index >= 15 is 0 Å². The van der Waals surface area contributed by atoms with Crippen LogP contribution in [0.1, 0.15) is 22.2 Å². The van der Waals surface area contributed by atoms with Crippen LogP contribution in [0.2, 0.25) is 0 Å². The number of benzene rings is 1. The Morgan fingerprint density at radius 3 is 2.68 bits per heavy atom. The fraction of sp³-hybridized carbons (Fsp3) is 0.158. The summed E-state index contributed by atoms with van der Waals surface area (Å²) >= 11 is 1.46. The van der Waals surface area contributed by atoms with Crippen LogP contribution in [-0.2, 0) is 23.1 Å². The van der Waals surface area contributed by atoms with Gasteiger partial charge < -0.3 is 9.88 Å². The number of hydrogen-bond donors (Lipinski definition) is 2. The summed E-state index contributed by atoms with van der Waals surface area (Å²) in [4.78, 5) is 25.0. The van der Waals surface area contributed by atoms with Crippen molar-refractivity contribution in [1.82, 2.24) is 9.29 Å². The van der Waals surface area contributed by atoms with Gasteiger partial charge in [-0.3, -0.25) is 9.59 Å². The van der Waals surface area contributed by atoms with Crippen LogP contribution in [0, 0.1) is 0 Å². The number of anilines is 1. The maximum Gasteiger partial charge on any atom is 0.255 e. The summed E-state index contributed by atoms with van der Waals surface area (Å²) in [6.45, 7) is 2.49. The molecule has 0 aliphatic heterocycles. The van der Waals surface area contributed by atoms with Gasteiger partial charge in [-0.1, -0.05) is 12.1 Å². The number of amides is 1. The van der Waals surface area contributed by atoms with Crippen LogP contribution < -0.4 is 15.6 Å². The van der Waals surface area contributed by atoms with Crippen LogP contribution in [0.5, 0.6) is 0 Å². The molecule has 0 spiro atoms. The molecule has 9 heteroatoms. The van der Waals surface area contributed by atoms with E-state index in [4.69, 9.17) is 0 Å². The summed E-state index contributed by atoms with van der Waals surface area (Å²) in [7, 11) is -3.75. The topological polar surface area (TPSA) is 97.3 Å². The monoisotopic (exact) mass is 417 g/mol. The van der Waals surface area contributed by atoms with E-state index in [9.17, 15) is 18.0 Å². The van der Waals surface area contributed by atoms with Crippen LogP contribution in [0.15, 0.2) is 69.8 Å². The number of carbonyl (C=O) groups excluding carboxylic acids is 1. The van der Waals surface area contributed by atoms with E-state index in [-0.39, 0.29) is 22.6 Å². The van der Waals surface area contributed by atoms with Crippen LogP contribution in [-0.4, -0.2) is 18.9 Å². The molecule has 1 aromatic carbocycles. The molecule has 0 aliphatic rings. The van der Waals surface area contributed by atoms with E-state index in [2.05, 4.69) is 10.0 Å². The predicted octanol–water partition coefficient (Wildman–Crippen LogP) is 2.66. The van der Waals surface area contributed by atoms with Gasteiger partial charge in [-0.05, 0) is 42.6 Å². The van der Waals surface area contributed by atoms with E-state index in [0.29, 0.717) is 12.2 Å². The van der Waals surface area contributed by atoms with Gasteiger partial charge in [-0.15, -0.1) is 11.3 Å². The molecule has 146 valence electrons. The molecule has 0 saturated carbocycles. The molecule has 2 N–H and O–H groups in total. The Labute approximate surface area is 166 Å². The van der Waals surface area contributed by atoms with Crippen molar-refractivity contribution >= 4 is 33.0 Å². The Kier molecular flexibility index (Phi) is 6.08. The molecule has 0 saturated heterocycles. The lowest BCUT2D eigenvalue weighted by atomic mass is 10.2. The molecule has 1 amide bonds. The van der Waals surface area contributed by atoms with Crippen LogP contribution in [0.25, 0.3) is 0 Å². The molecule has 0 aliphatic carbocycles. The predicted molar refractivity (Wildman–Crippen MR) is 109 cm³/mol. The van der Waals surface area contributed by atoms with Crippen molar-refractivity contribution in [3.05, 3.63) is 80.9 Å². The highest BCUT2D eigenvalue weighted by Crippen LogP contribution is 2.15. The number of pyridine rings is 1. The zero-order chi connectivity index (χ0) is 20.1. The number of rotatable bonds is 7. The third kappa shape index (κ3) is 4.75. The first-order valence-electron chi connectivity index (χ1n) is 8.53. The number of thiophene rings is 1. The van der Waals surface area contributed by atoms with Gasteiger partial charge in [0.1, 0.15) is 0 Å². The Bertz CT molecular complexity index is 1140. The third-order valence-electron chi connectivity index (χ3n) is 4.01. The van der Waals surface area contributed by atoms with E-state index in [0.717, 1.165) is 4.88 Å². The molecular weight excluding hydrogens is 398 g/mol. The number of sulfonamides is 1. The third-order valence-corrected chi connectivity index (χ3v) is 6.28. The lowest BCUT2D eigenvalue weighted by Crippen LogP contribution is -2.23. The smallest absolute Gasteiger partial charge is 0.255 e. The van der Waals surface area contributed by atoms with Gasteiger partial charge >= 0.3 is 0 Å². The molecule has 2 aromatic heterocycles. The molecule has 2 heterocycles. The second kappa shape index (κ2) is 8.51. The van der Waals surface area contributed by atoms with Gasteiger partial charge in [0.25, 0.3) is 11.5 Å². The first kappa shape index (κ1) is 20.0. The van der Waals surface area contributed by atoms with Crippen LogP contribution >= 0.6 is 11.3 Å². The van der Waals surface area contributed by atoms with Crippen molar-refractivity contribution in [2.24, 2.45) is 0 Å². The van der Waals surface area contributed by atoms with Crippen LogP contribution in [0.3, 0.4) is 0 Å². The van der Waals surface area contributed by atoms with Crippen molar-refractivity contribution in [3.63, 3.8) is 0 Å². The molecule has 0 unspecified atom stereocenters. The van der Waals surface area contributed by atoms with Crippen molar-refractivity contribution in [2.75, 3.05) is 5.32 Å². The highest BCUT2D eigenvalue weighted by molar-refractivity contribution is 7.89. The molecule has 28 heavy (non-hydrogen) atoms. The zero-order valence-electron chi connectivity index (χ0n) is 15.1. The van der Waals surface area contributed by atoms with Crippen molar-refractivity contribution < 1.29 is 13.2 Å². The molecule has 0 fully saturated rings. The molecule has 7 nitrogen and oxygen atoms in total. The van der Waals surface area contributed by atoms with E-state index in [1.54, 1.807) is 6.20 Å².